The SMILES string of the molecule is CC(C)(C)c1ccc(S(=O)(=O)N2CCC(NS(=O)(=O)c3cc(S(=O)(=O)c4ccccc4)ccc3C(F)(F)F)CC2)cc1. The van der Waals surface area contributed by atoms with E-state index < -0.39 is 57.5 Å². The minimum absolute atomic E-state index is 0.00188. The van der Waals surface area contributed by atoms with Crippen LogP contribution in [0, 0.1) is 0 Å². The monoisotopic (exact) mass is 644 g/mol. The van der Waals surface area contributed by atoms with E-state index >= 15 is 0 Å². The van der Waals surface area contributed by atoms with Gasteiger partial charge in [0.25, 0.3) is 0 Å². The highest BCUT2D eigenvalue weighted by Gasteiger charge is 2.39. The molecule has 0 aromatic heterocycles. The van der Waals surface area contributed by atoms with Crippen molar-refractivity contribution in [3.63, 3.8) is 0 Å². The molecule has 1 aliphatic rings. The van der Waals surface area contributed by atoms with E-state index in [1.54, 1.807) is 18.2 Å². The lowest BCUT2D eigenvalue weighted by Gasteiger charge is -2.31. The number of hydrogen-bond acceptors (Lipinski definition) is 6. The Balaban J connectivity index is 1.56. The first kappa shape index (κ1) is 32.1. The van der Waals surface area contributed by atoms with Crippen molar-refractivity contribution in [2.75, 3.05) is 13.1 Å². The molecular formula is C28H31F3N2O6S3. The molecular weight excluding hydrogens is 614 g/mol. The average molecular weight is 645 g/mol. The van der Waals surface area contributed by atoms with Gasteiger partial charge in [-0.25, -0.2) is 30.0 Å². The van der Waals surface area contributed by atoms with Gasteiger partial charge in [0.2, 0.25) is 29.9 Å². The van der Waals surface area contributed by atoms with E-state index in [0.29, 0.717) is 12.1 Å². The normalized spacial score (nSPS) is 16.4. The van der Waals surface area contributed by atoms with Crippen LogP contribution in [0.4, 0.5) is 13.2 Å². The van der Waals surface area contributed by atoms with Crippen molar-refractivity contribution in [3.05, 3.63) is 83.9 Å². The molecule has 0 amide bonds. The van der Waals surface area contributed by atoms with E-state index in [0.717, 1.165) is 11.6 Å². The van der Waals surface area contributed by atoms with Crippen LogP contribution in [0.5, 0.6) is 0 Å². The number of benzene rings is 3. The predicted octanol–water partition coefficient (Wildman–Crippen LogP) is 4.97. The number of hydrogen-bond donors (Lipinski definition) is 1. The van der Waals surface area contributed by atoms with Crippen molar-refractivity contribution in [1.82, 2.24) is 9.03 Å². The number of piperidine rings is 1. The standard InChI is InChI=1S/C28H31F3N2O6S3/c1-27(2,3)20-9-11-23(12-10-20)42(38,39)33-17-15-21(16-18-33)32-41(36,37)26-19-24(13-14-25(26)28(29,30)31)40(34,35)22-7-5-4-6-8-22/h4-14,19,21,32H,15-18H2,1-3H3. The molecule has 1 N–H and O–H groups in total. The maximum absolute atomic E-state index is 13.8. The lowest BCUT2D eigenvalue weighted by Crippen LogP contribution is -2.46. The van der Waals surface area contributed by atoms with Crippen molar-refractivity contribution in [2.24, 2.45) is 0 Å². The Labute approximate surface area is 244 Å². The molecule has 1 fully saturated rings. The van der Waals surface area contributed by atoms with E-state index in [2.05, 4.69) is 4.72 Å². The van der Waals surface area contributed by atoms with Gasteiger partial charge in [-0.1, -0.05) is 51.1 Å². The maximum Gasteiger partial charge on any atom is 0.417 e. The zero-order valence-corrected chi connectivity index (χ0v) is 25.5. The van der Waals surface area contributed by atoms with Crippen molar-refractivity contribution in [3.8, 4) is 0 Å². The topological polar surface area (TPSA) is 118 Å². The van der Waals surface area contributed by atoms with Gasteiger partial charge in [0.15, 0.2) is 0 Å². The van der Waals surface area contributed by atoms with E-state index in [4.69, 9.17) is 0 Å². The third-order valence-electron chi connectivity index (χ3n) is 7.05. The fraction of sp³-hybridized carbons (Fsp3) is 0.357. The smallest absolute Gasteiger partial charge is 0.219 e. The molecule has 1 aliphatic heterocycles. The van der Waals surface area contributed by atoms with Crippen molar-refractivity contribution in [2.45, 2.75) is 70.8 Å². The average Bonchev–Trinajstić information content (AvgIpc) is 2.92. The number of sulfone groups is 1. The lowest BCUT2D eigenvalue weighted by atomic mass is 9.87. The molecule has 14 heteroatoms. The number of nitrogens with one attached hydrogen (secondary N) is 1. The fourth-order valence-electron chi connectivity index (χ4n) is 4.63. The summed E-state index contributed by atoms with van der Waals surface area (Å²) >= 11 is 0. The minimum Gasteiger partial charge on any atom is -0.219 e. The molecule has 1 heterocycles. The molecule has 4 rings (SSSR count). The minimum atomic E-state index is -5.08. The molecule has 3 aromatic carbocycles. The molecule has 228 valence electrons. The summed E-state index contributed by atoms with van der Waals surface area (Å²) < 4.78 is 124. The summed E-state index contributed by atoms with van der Waals surface area (Å²) in [5.41, 5.74) is -0.733. The maximum atomic E-state index is 13.8. The van der Waals surface area contributed by atoms with Gasteiger partial charge >= 0.3 is 6.18 Å². The van der Waals surface area contributed by atoms with Crippen LogP contribution < -0.4 is 4.72 Å². The van der Waals surface area contributed by atoms with Crippen molar-refractivity contribution >= 4 is 29.9 Å². The van der Waals surface area contributed by atoms with Gasteiger partial charge in [0, 0.05) is 19.1 Å². The summed E-state index contributed by atoms with van der Waals surface area (Å²) in [5.74, 6) is 0. The van der Waals surface area contributed by atoms with Crippen LogP contribution in [-0.2, 0) is 41.5 Å². The zero-order chi connectivity index (χ0) is 31.1. The molecule has 8 nitrogen and oxygen atoms in total. The second-order valence-corrected chi connectivity index (χ2v) is 16.6. The fourth-order valence-corrected chi connectivity index (χ4v) is 9.04. The van der Waals surface area contributed by atoms with Crippen LogP contribution in [0.15, 0.2) is 92.4 Å². The highest BCUT2D eigenvalue weighted by molar-refractivity contribution is 7.91. The lowest BCUT2D eigenvalue weighted by molar-refractivity contribution is -0.139. The van der Waals surface area contributed by atoms with Crippen LogP contribution in [0.2, 0.25) is 0 Å². The highest BCUT2D eigenvalue weighted by atomic mass is 32.2. The quantitative estimate of drug-likeness (QED) is 0.388. The summed E-state index contributed by atoms with van der Waals surface area (Å²) in [5, 5.41) is 0. The summed E-state index contributed by atoms with van der Waals surface area (Å²) in [4.78, 5) is -1.95. The number of halogens is 3. The highest BCUT2D eigenvalue weighted by Crippen LogP contribution is 2.37. The first-order valence-electron chi connectivity index (χ1n) is 13.0. The first-order valence-corrected chi connectivity index (χ1v) is 17.4. The summed E-state index contributed by atoms with van der Waals surface area (Å²) in [6.45, 7) is 5.87. The van der Waals surface area contributed by atoms with Crippen molar-refractivity contribution < 1.29 is 38.4 Å². The molecule has 0 unspecified atom stereocenters. The Bertz CT molecular complexity index is 1760. The Morgan fingerprint density at radius 2 is 1.29 bits per heavy atom. The van der Waals surface area contributed by atoms with Crippen LogP contribution in [0.3, 0.4) is 0 Å². The van der Waals surface area contributed by atoms with Gasteiger partial charge in [0.05, 0.1) is 25.1 Å². The summed E-state index contributed by atoms with van der Waals surface area (Å²) in [7, 11) is -13.1. The third-order valence-corrected chi connectivity index (χ3v) is 12.3. The summed E-state index contributed by atoms with van der Waals surface area (Å²) in [6.07, 6.45) is -5.08. The predicted molar refractivity (Wildman–Crippen MR) is 151 cm³/mol. The number of alkyl halides is 3. The Morgan fingerprint density at radius 1 is 0.738 bits per heavy atom. The largest absolute Gasteiger partial charge is 0.417 e. The molecule has 0 aliphatic carbocycles. The van der Waals surface area contributed by atoms with Crippen molar-refractivity contribution in [1.29, 1.82) is 0 Å². The number of sulfonamides is 2. The van der Waals surface area contributed by atoms with Crippen LogP contribution in [-0.4, -0.2) is 48.7 Å². The van der Waals surface area contributed by atoms with E-state index in [1.807, 2.05) is 20.8 Å². The van der Waals surface area contributed by atoms with Gasteiger partial charge in [-0.2, -0.15) is 17.5 Å². The molecule has 42 heavy (non-hydrogen) atoms. The summed E-state index contributed by atoms with van der Waals surface area (Å²) in [6, 6.07) is 14.2. The first-order chi connectivity index (χ1) is 19.3. The van der Waals surface area contributed by atoms with Gasteiger partial charge in [-0.3, -0.25) is 0 Å². The molecule has 0 atom stereocenters. The van der Waals surface area contributed by atoms with Gasteiger partial charge < -0.3 is 0 Å². The molecule has 0 bridgehead atoms. The molecule has 0 radical (unpaired) electrons. The Morgan fingerprint density at radius 3 is 1.81 bits per heavy atom. The van der Waals surface area contributed by atoms with E-state index in [1.165, 1.54) is 40.7 Å². The van der Waals surface area contributed by atoms with Crippen LogP contribution in [0.1, 0.15) is 44.7 Å². The zero-order valence-electron chi connectivity index (χ0n) is 23.1. The van der Waals surface area contributed by atoms with Gasteiger partial charge in [-0.05, 0) is 66.3 Å². The van der Waals surface area contributed by atoms with Gasteiger partial charge in [-0.15, -0.1) is 0 Å². The Kier molecular flexibility index (Phi) is 8.71. The van der Waals surface area contributed by atoms with Crippen LogP contribution in [0.25, 0.3) is 0 Å². The Hall–Kier alpha value is -2.78. The van der Waals surface area contributed by atoms with E-state index in [9.17, 15) is 38.4 Å². The van der Waals surface area contributed by atoms with E-state index in [-0.39, 0.29) is 41.1 Å². The van der Waals surface area contributed by atoms with Gasteiger partial charge in [0.1, 0.15) is 0 Å². The molecule has 1 saturated heterocycles. The third kappa shape index (κ3) is 6.72. The number of rotatable bonds is 7. The molecule has 0 spiro atoms. The molecule has 0 saturated carbocycles. The molecule has 3 aromatic rings. The number of nitrogens with zero attached hydrogens (tertiary/aromatic N) is 1. The second-order valence-electron chi connectivity index (χ2n) is 11.0. The van der Waals surface area contributed by atoms with Crippen LogP contribution >= 0.6 is 0 Å². The second kappa shape index (κ2) is 11.4.